The molecule has 3 saturated carbocycles. The fraction of sp³-hybridized carbons (Fsp3) is 0.960. The van der Waals surface area contributed by atoms with Crippen LogP contribution < -0.4 is 0 Å². The maximum atomic E-state index is 15.0. The number of amides is 1. The molecule has 3 aliphatic carbocycles. The van der Waals surface area contributed by atoms with Gasteiger partial charge in [0.1, 0.15) is 6.17 Å². The maximum absolute atomic E-state index is 15.0. The molecule has 0 bridgehead atoms. The Morgan fingerprint density at radius 3 is 2.16 bits per heavy atom. The Balaban J connectivity index is 1.18. The van der Waals surface area contributed by atoms with E-state index in [1.54, 1.807) is 19.0 Å². The van der Waals surface area contributed by atoms with Crippen molar-refractivity contribution in [2.75, 3.05) is 40.3 Å². The number of rotatable bonds is 6. The van der Waals surface area contributed by atoms with Crippen LogP contribution in [0.1, 0.15) is 64.2 Å². The van der Waals surface area contributed by atoms with Gasteiger partial charge in [0.2, 0.25) is 5.91 Å². The summed E-state index contributed by atoms with van der Waals surface area (Å²) in [5.41, 5.74) is 0. The van der Waals surface area contributed by atoms with E-state index in [0.717, 1.165) is 57.0 Å². The van der Waals surface area contributed by atoms with Crippen LogP contribution in [-0.2, 0) is 9.53 Å². The van der Waals surface area contributed by atoms with Crippen molar-refractivity contribution < 1.29 is 18.3 Å². The highest BCUT2D eigenvalue weighted by molar-refractivity contribution is 5.78. The third-order valence-corrected chi connectivity index (χ3v) is 8.66. The van der Waals surface area contributed by atoms with Crippen molar-refractivity contribution in [3.8, 4) is 0 Å². The van der Waals surface area contributed by atoms with Crippen LogP contribution in [0, 0.1) is 29.6 Å². The Hall–Kier alpha value is -0.750. The number of nitrogens with zero attached hydrogens (tertiary/aromatic N) is 2. The Bertz CT molecular complexity index is 582. The standard InChI is InChI=1S/C25H42F2N2O2/c1-28(2)25(30)18-9-7-17(8-10-18)16-31-22-12-11-21(23(26)24(22)27)15-29-13-19-5-3-4-6-20(19)14-29/h17-24H,3-16H2,1-2H3. The van der Waals surface area contributed by atoms with E-state index in [9.17, 15) is 13.6 Å². The van der Waals surface area contributed by atoms with Crippen LogP contribution >= 0.6 is 0 Å². The zero-order valence-electron chi connectivity index (χ0n) is 19.5. The molecule has 1 aliphatic heterocycles. The molecule has 178 valence electrons. The predicted octanol–water partition coefficient (Wildman–Crippen LogP) is 4.47. The van der Waals surface area contributed by atoms with Gasteiger partial charge in [-0.1, -0.05) is 12.8 Å². The highest BCUT2D eigenvalue weighted by atomic mass is 19.2. The summed E-state index contributed by atoms with van der Waals surface area (Å²) < 4.78 is 35.8. The van der Waals surface area contributed by atoms with E-state index in [4.69, 9.17) is 4.74 Å². The van der Waals surface area contributed by atoms with Gasteiger partial charge < -0.3 is 14.5 Å². The zero-order chi connectivity index (χ0) is 22.0. The number of halogens is 2. The van der Waals surface area contributed by atoms with E-state index in [2.05, 4.69) is 4.90 Å². The van der Waals surface area contributed by atoms with Gasteiger partial charge in [0.25, 0.3) is 0 Å². The molecule has 0 spiro atoms. The van der Waals surface area contributed by atoms with E-state index >= 15 is 0 Å². The van der Waals surface area contributed by atoms with Gasteiger partial charge in [0.15, 0.2) is 6.17 Å². The minimum absolute atomic E-state index is 0.111. The van der Waals surface area contributed by atoms with Crippen molar-refractivity contribution in [3.05, 3.63) is 0 Å². The fourth-order valence-electron chi connectivity index (χ4n) is 6.71. The summed E-state index contributed by atoms with van der Waals surface area (Å²) in [7, 11) is 3.61. The van der Waals surface area contributed by atoms with Crippen LogP contribution in [0.4, 0.5) is 8.78 Å². The second-order valence-electron chi connectivity index (χ2n) is 11.1. The molecule has 1 heterocycles. The first-order valence-electron chi connectivity index (χ1n) is 12.8. The second-order valence-corrected chi connectivity index (χ2v) is 11.1. The first-order valence-corrected chi connectivity index (χ1v) is 12.8. The first kappa shape index (κ1) is 23.4. The molecule has 6 unspecified atom stereocenters. The van der Waals surface area contributed by atoms with Crippen molar-refractivity contribution in [1.82, 2.24) is 9.80 Å². The van der Waals surface area contributed by atoms with E-state index in [-0.39, 0.29) is 17.7 Å². The van der Waals surface area contributed by atoms with Gasteiger partial charge in [0, 0.05) is 52.2 Å². The van der Waals surface area contributed by atoms with Crippen LogP contribution in [0.2, 0.25) is 0 Å². The lowest BCUT2D eigenvalue weighted by atomic mass is 9.81. The monoisotopic (exact) mass is 440 g/mol. The van der Waals surface area contributed by atoms with Gasteiger partial charge in [-0.25, -0.2) is 8.78 Å². The fourth-order valence-corrected chi connectivity index (χ4v) is 6.71. The SMILES string of the molecule is CN(C)C(=O)C1CCC(COC2CCC(CN3CC4CCCCC4C3)C(F)C2F)CC1. The third kappa shape index (κ3) is 5.61. The molecular formula is C25H42F2N2O2. The third-order valence-electron chi connectivity index (χ3n) is 8.66. The number of carbonyl (C=O) groups is 1. The summed E-state index contributed by atoms with van der Waals surface area (Å²) >= 11 is 0. The summed E-state index contributed by atoms with van der Waals surface area (Å²) in [5.74, 6) is 2.07. The van der Waals surface area contributed by atoms with Gasteiger partial charge in [-0.05, 0) is 69.1 Å². The molecule has 1 saturated heterocycles. The van der Waals surface area contributed by atoms with E-state index in [1.807, 2.05) is 0 Å². The number of hydrogen-bond acceptors (Lipinski definition) is 3. The average molecular weight is 441 g/mol. The molecule has 1 amide bonds. The lowest BCUT2D eigenvalue weighted by molar-refractivity contribution is -0.134. The molecule has 4 fully saturated rings. The Labute approximate surface area is 187 Å². The minimum atomic E-state index is -1.50. The molecule has 0 aromatic rings. The molecule has 0 aromatic heterocycles. The number of carbonyl (C=O) groups excluding carboxylic acids is 1. The van der Waals surface area contributed by atoms with Crippen LogP contribution in [-0.4, -0.2) is 74.5 Å². The second kappa shape index (κ2) is 10.5. The normalized spacial score (nSPS) is 41.7. The summed E-state index contributed by atoms with van der Waals surface area (Å²) in [6, 6.07) is 0. The maximum Gasteiger partial charge on any atom is 0.225 e. The molecular weight excluding hydrogens is 398 g/mol. The summed E-state index contributed by atoms with van der Waals surface area (Å²) in [6.07, 6.45) is 6.77. The molecule has 31 heavy (non-hydrogen) atoms. The molecule has 0 radical (unpaired) electrons. The summed E-state index contributed by atoms with van der Waals surface area (Å²) in [6.45, 7) is 3.39. The van der Waals surface area contributed by atoms with E-state index in [0.29, 0.717) is 25.5 Å². The minimum Gasteiger partial charge on any atom is -0.375 e. The zero-order valence-corrected chi connectivity index (χ0v) is 19.5. The van der Waals surface area contributed by atoms with Crippen LogP contribution in [0.3, 0.4) is 0 Å². The van der Waals surface area contributed by atoms with Crippen LogP contribution in [0.25, 0.3) is 0 Å². The van der Waals surface area contributed by atoms with Gasteiger partial charge in [-0.15, -0.1) is 0 Å². The van der Waals surface area contributed by atoms with Gasteiger partial charge >= 0.3 is 0 Å². The number of fused-ring (bicyclic) bond motifs is 1. The molecule has 4 nitrogen and oxygen atoms in total. The quantitative estimate of drug-likeness (QED) is 0.611. The van der Waals surface area contributed by atoms with Crippen LogP contribution in [0.15, 0.2) is 0 Å². The lowest BCUT2D eigenvalue weighted by Crippen LogP contribution is -2.47. The van der Waals surface area contributed by atoms with Crippen molar-refractivity contribution in [2.24, 2.45) is 29.6 Å². The number of likely N-dealkylation sites (tertiary alicyclic amines) is 1. The van der Waals surface area contributed by atoms with E-state index in [1.165, 1.54) is 25.7 Å². The van der Waals surface area contributed by atoms with Gasteiger partial charge in [-0.2, -0.15) is 0 Å². The largest absolute Gasteiger partial charge is 0.375 e. The molecule has 0 aromatic carbocycles. The molecule has 6 atom stereocenters. The predicted molar refractivity (Wildman–Crippen MR) is 118 cm³/mol. The number of alkyl halides is 2. The van der Waals surface area contributed by atoms with Crippen molar-refractivity contribution in [2.45, 2.75) is 82.7 Å². The van der Waals surface area contributed by atoms with E-state index < -0.39 is 18.4 Å². The highest BCUT2D eigenvalue weighted by Gasteiger charge is 2.43. The van der Waals surface area contributed by atoms with Crippen molar-refractivity contribution >= 4 is 5.91 Å². The topological polar surface area (TPSA) is 32.8 Å². The Morgan fingerprint density at radius 1 is 0.903 bits per heavy atom. The summed E-state index contributed by atoms with van der Waals surface area (Å²) in [5, 5.41) is 0. The molecule has 0 N–H and O–H groups in total. The average Bonchev–Trinajstić information content (AvgIpc) is 3.18. The summed E-state index contributed by atoms with van der Waals surface area (Å²) in [4.78, 5) is 16.2. The van der Waals surface area contributed by atoms with Crippen molar-refractivity contribution in [3.63, 3.8) is 0 Å². The number of hydrogen-bond donors (Lipinski definition) is 0. The first-order chi connectivity index (χ1) is 14.9. The molecule has 6 heteroatoms. The van der Waals surface area contributed by atoms with Crippen molar-refractivity contribution in [1.29, 1.82) is 0 Å². The highest BCUT2D eigenvalue weighted by Crippen LogP contribution is 2.39. The van der Waals surface area contributed by atoms with Gasteiger partial charge in [-0.3, -0.25) is 4.79 Å². The number of ether oxygens (including phenoxy) is 1. The van der Waals surface area contributed by atoms with Crippen LogP contribution in [0.5, 0.6) is 0 Å². The van der Waals surface area contributed by atoms with Gasteiger partial charge in [0.05, 0.1) is 6.10 Å². The lowest BCUT2D eigenvalue weighted by Gasteiger charge is -2.37. The molecule has 4 rings (SSSR count). The molecule has 4 aliphatic rings. The Kier molecular flexibility index (Phi) is 7.90. The smallest absolute Gasteiger partial charge is 0.225 e. The Morgan fingerprint density at radius 2 is 1.55 bits per heavy atom.